The minimum atomic E-state index is -1.45. The molecule has 4 fully saturated rings. The molecule has 9 nitrogen and oxygen atoms in total. The smallest absolute Gasteiger partial charge is 0.303 e. The van der Waals surface area contributed by atoms with Gasteiger partial charge in [0.1, 0.15) is 18.3 Å². The van der Waals surface area contributed by atoms with Crippen molar-refractivity contribution in [3.05, 3.63) is 0 Å². The number of fused-ring (bicyclic) bond motifs is 4. The molecule has 1 N–H and O–H groups in total. The molecule has 0 amide bonds. The minimum Gasteiger partial charge on any atom is -0.457 e. The second-order valence-electron chi connectivity index (χ2n) is 10.1. The van der Waals surface area contributed by atoms with Crippen molar-refractivity contribution in [3.8, 4) is 0 Å². The normalized spacial score (nSPS) is 47.1. The maximum absolute atomic E-state index is 11.9. The van der Waals surface area contributed by atoms with Gasteiger partial charge in [0, 0.05) is 32.6 Å². The first-order chi connectivity index (χ1) is 14.3. The number of hydrogen-bond acceptors (Lipinski definition) is 9. The van der Waals surface area contributed by atoms with Crippen LogP contribution in [-0.2, 0) is 38.1 Å². The lowest BCUT2D eigenvalue weighted by molar-refractivity contribution is -0.258. The first-order valence-corrected chi connectivity index (χ1v) is 10.9. The Morgan fingerprint density at radius 1 is 0.839 bits per heavy atom. The van der Waals surface area contributed by atoms with E-state index < -0.39 is 60.3 Å². The van der Waals surface area contributed by atoms with Crippen LogP contribution in [0.15, 0.2) is 0 Å². The number of aliphatic hydroxyl groups is 1. The van der Waals surface area contributed by atoms with E-state index in [4.69, 9.17) is 23.7 Å². The second-order valence-corrected chi connectivity index (χ2v) is 10.1. The molecule has 0 aromatic heterocycles. The van der Waals surface area contributed by atoms with Crippen LogP contribution in [-0.4, -0.2) is 65.4 Å². The lowest BCUT2D eigenvalue weighted by atomic mass is 9.68. The van der Waals surface area contributed by atoms with Gasteiger partial charge >= 0.3 is 17.9 Å². The number of ether oxygens (including phenoxy) is 5. The summed E-state index contributed by atoms with van der Waals surface area (Å²) in [6.45, 7) is 10.2. The Hall–Kier alpha value is -1.71. The van der Waals surface area contributed by atoms with Gasteiger partial charge in [-0.25, -0.2) is 0 Å². The van der Waals surface area contributed by atoms with Crippen LogP contribution in [0.3, 0.4) is 0 Å². The van der Waals surface area contributed by atoms with Gasteiger partial charge in [-0.15, -0.1) is 0 Å². The second kappa shape index (κ2) is 7.15. The highest BCUT2D eigenvalue weighted by molar-refractivity contribution is 5.68. The van der Waals surface area contributed by atoms with E-state index >= 15 is 0 Å². The molecule has 4 rings (SSSR count). The Morgan fingerprint density at radius 2 is 1.32 bits per heavy atom. The fourth-order valence-electron chi connectivity index (χ4n) is 6.40. The molecule has 0 aromatic rings. The summed E-state index contributed by atoms with van der Waals surface area (Å²) in [4.78, 5) is 35.4. The standard InChI is InChI=1S/C22H32O9/c1-10(23)27-15-14(26)16(28-11(2)24)18-19(17(15)29-12(3)25)31-22(30-18)9-13-7-8-21(22,6)20(13,4)5/h13-19,26H,7-9H2,1-6H3/t13-,14-,15-,16+,17-,18-,19+,21-,22?/m1/s1. The van der Waals surface area contributed by atoms with E-state index in [1.807, 2.05) is 0 Å². The molecule has 0 radical (unpaired) electrons. The van der Waals surface area contributed by atoms with Gasteiger partial charge in [0.05, 0.1) is 0 Å². The summed E-state index contributed by atoms with van der Waals surface area (Å²) in [6.07, 6.45) is -4.07. The zero-order chi connectivity index (χ0) is 22.9. The van der Waals surface area contributed by atoms with Gasteiger partial charge in [0.25, 0.3) is 0 Å². The molecule has 0 aromatic carbocycles. The molecule has 1 aliphatic heterocycles. The molecule has 1 spiro atoms. The van der Waals surface area contributed by atoms with Gasteiger partial charge in [0.15, 0.2) is 24.1 Å². The molecule has 31 heavy (non-hydrogen) atoms. The highest BCUT2D eigenvalue weighted by atomic mass is 16.8. The molecule has 2 bridgehead atoms. The number of rotatable bonds is 3. The molecule has 4 aliphatic rings. The maximum Gasteiger partial charge on any atom is 0.303 e. The van der Waals surface area contributed by atoms with Crippen molar-refractivity contribution in [2.24, 2.45) is 16.7 Å². The summed E-state index contributed by atoms with van der Waals surface area (Å²) in [5.74, 6) is -2.48. The molecular weight excluding hydrogens is 408 g/mol. The summed E-state index contributed by atoms with van der Waals surface area (Å²) in [7, 11) is 0. The van der Waals surface area contributed by atoms with E-state index in [0.717, 1.165) is 12.8 Å². The van der Waals surface area contributed by atoms with E-state index in [-0.39, 0.29) is 10.8 Å². The Balaban J connectivity index is 1.76. The highest BCUT2D eigenvalue weighted by Crippen LogP contribution is 2.73. The van der Waals surface area contributed by atoms with Crippen LogP contribution >= 0.6 is 0 Å². The van der Waals surface area contributed by atoms with Gasteiger partial charge < -0.3 is 28.8 Å². The average molecular weight is 440 g/mol. The van der Waals surface area contributed by atoms with Crippen LogP contribution in [0.5, 0.6) is 0 Å². The summed E-state index contributed by atoms with van der Waals surface area (Å²) < 4.78 is 29.4. The molecule has 1 saturated heterocycles. The van der Waals surface area contributed by atoms with Crippen molar-refractivity contribution >= 4 is 17.9 Å². The fraction of sp³-hybridized carbons (Fsp3) is 0.864. The van der Waals surface area contributed by atoms with Crippen LogP contribution in [0.1, 0.15) is 60.8 Å². The zero-order valence-electron chi connectivity index (χ0n) is 18.9. The Morgan fingerprint density at radius 3 is 1.77 bits per heavy atom. The SMILES string of the molecule is CC(=O)O[C@H]1[C@@H]2OC3(C[C@H]4CC[C@]3(C)C4(C)C)O[C@@H]2[C@@H](OC(C)=O)[C@H](O)[C@H]1OC(C)=O. The van der Waals surface area contributed by atoms with E-state index in [0.29, 0.717) is 12.3 Å². The first kappa shape index (κ1) is 22.5. The summed E-state index contributed by atoms with van der Waals surface area (Å²) in [5, 5.41) is 11.0. The first-order valence-electron chi connectivity index (χ1n) is 10.9. The number of esters is 3. The Bertz CT molecular complexity index is 794. The number of carbonyl (C=O) groups excluding carboxylic acids is 3. The summed E-state index contributed by atoms with van der Waals surface area (Å²) in [5.41, 5.74) is -0.381. The number of hydrogen-bond donors (Lipinski definition) is 1. The molecule has 1 heterocycles. The quantitative estimate of drug-likeness (QED) is 0.514. The van der Waals surface area contributed by atoms with Gasteiger partial charge in [-0.3, -0.25) is 14.4 Å². The van der Waals surface area contributed by atoms with Crippen LogP contribution in [0.4, 0.5) is 0 Å². The topological polar surface area (TPSA) is 118 Å². The predicted molar refractivity (Wildman–Crippen MR) is 104 cm³/mol. The third-order valence-electron chi connectivity index (χ3n) is 8.32. The van der Waals surface area contributed by atoms with E-state index in [1.54, 1.807) is 0 Å². The van der Waals surface area contributed by atoms with Crippen LogP contribution in [0, 0.1) is 16.7 Å². The molecule has 9 heteroatoms. The van der Waals surface area contributed by atoms with Crippen LogP contribution in [0.25, 0.3) is 0 Å². The van der Waals surface area contributed by atoms with Crippen molar-refractivity contribution in [1.82, 2.24) is 0 Å². The monoisotopic (exact) mass is 440 g/mol. The van der Waals surface area contributed by atoms with Crippen molar-refractivity contribution in [1.29, 1.82) is 0 Å². The average Bonchev–Trinajstić information content (AvgIpc) is 3.18. The van der Waals surface area contributed by atoms with Gasteiger partial charge in [0.2, 0.25) is 0 Å². The number of carbonyl (C=O) groups is 3. The fourth-order valence-corrected chi connectivity index (χ4v) is 6.40. The van der Waals surface area contributed by atoms with Gasteiger partial charge in [-0.05, 0) is 24.2 Å². The van der Waals surface area contributed by atoms with E-state index in [2.05, 4.69) is 20.8 Å². The van der Waals surface area contributed by atoms with Crippen LogP contribution < -0.4 is 0 Å². The molecular formula is C22H32O9. The van der Waals surface area contributed by atoms with Crippen molar-refractivity contribution < 1.29 is 43.2 Å². The van der Waals surface area contributed by atoms with E-state index in [9.17, 15) is 19.5 Å². The van der Waals surface area contributed by atoms with Gasteiger partial charge in [-0.1, -0.05) is 20.8 Å². The highest BCUT2D eigenvalue weighted by Gasteiger charge is 2.76. The zero-order valence-corrected chi connectivity index (χ0v) is 18.9. The molecule has 1 unspecified atom stereocenters. The molecule has 3 aliphatic carbocycles. The molecule has 3 saturated carbocycles. The van der Waals surface area contributed by atoms with Gasteiger partial charge in [-0.2, -0.15) is 0 Å². The lowest BCUT2D eigenvalue weighted by Crippen LogP contribution is -2.65. The third kappa shape index (κ3) is 3.11. The van der Waals surface area contributed by atoms with Crippen LogP contribution in [0.2, 0.25) is 0 Å². The molecule has 9 atom stereocenters. The van der Waals surface area contributed by atoms with Crippen molar-refractivity contribution in [2.45, 2.75) is 103 Å². The summed E-state index contributed by atoms with van der Waals surface area (Å²) in [6, 6.07) is 0. The lowest BCUT2D eigenvalue weighted by Gasteiger charge is -2.45. The largest absolute Gasteiger partial charge is 0.457 e. The maximum atomic E-state index is 11.9. The minimum absolute atomic E-state index is 0.0533. The summed E-state index contributed by atoms with van der Waals surface area (Å²) >= 11 is 0. The third-order valence-corrected chi connectivity index (χ3v) is 8.32. The molecule has 174 valence electrons. The number of aliphatic hydroxyl groups excluding tert-OH is 1. The van der Waals surface area contributed by atoms with E-state index in [1.165, 1.54) is 20.8 Å². The van der Waals surface area contributed by atoms with Crippen molar-refractivity contribution in [3.63, 3.8) is 0 Å². The van der Waals surface area contributed by atoms with Crippen molar-refractivity contribution in [2.75, 3.05) is 0 Å². The Kier molecular flexibility index (Phi) is 5.18. The predicted octanol–water partition coefficient (Wildman–Crippen LogP) is 1.48. The Labute approximate surface area is 181 Å².